The van der Waals surface area contributed by atoms with Crippen molar-refractivity contribution >= 4 is 33.8 Å². The van der Waals surface area contributed by atoms with Crippen molar-refractivity contribution in [2.24, 2.45) is 5.92 Å². The first-order chi connectivity index (χ1) is 8.61. The largest absolute Gasteiger partial charge is 0.338 e. The summed E-state index contributed by atoms with van der Waals surface area (Å²) < 4.78 is 0. The molecule has 0 N–H and O–H groups in total. The first kappa shape index (κ1) is 13.3. The molecule has 1 saturated heterocycles. The van der Waals surface area contributed by atoms with Crippen molar-refractivity contribution < 1.29 is 9.72 Å². The number of nitrogens with zero attached hydrogens (tertiary/aromatic N) is 2. The highest BCUT2D eigenvalue weighted by molar-refractivity contribution is 7.17. The summed E-state index contributed by atoms with van der Waals surface area (Å²) in [4.78, 5) is 24.4. The Morgan fingerprint density at radius 2 is 2.17 bits per heavy atom. The van der Waals surface area contributed by atoms with Crippen LogP contribution in [0.25, 0.3) is 0 Å². The van der Waals surface area contributed by atoms with Gasteiger partial charge in [-0.1, -0.05) is 11.3 Å². The van der Waals surface area contributed by atoms with Crippen LogP contribution < -0.4 is 0 Å². The third-order valence-electron chi connectivity index (χ3n) is 3.10. The van der Waals surface area contributed by atoms with Crippen LogP contribution in [0.5, 0.6) is 0 Å². The maximum absolute atomic E-state index is 12.1. The Morgan fingerprint density at radius 1 is 1.50 bits per heavy atom. The summed E-state index contributed by atoms with van der Waals surface area (Å²) in [6.45, 7) is 1.36. The molecule has 0 radical (unpaired) electrons. The minimum atomic E-state index is -0.471. The summed E-state index contributed by atoms with van der Waals surface area (Å²) >= 11 is 6.72. The van der Waals surface area contributed by atoms with E-state index in [9.17, 15) is 14.9 Å². The molecule has 0 saturated carbocycles. The van der Waals surface area contributed by atoms with Crippen molar-refractivity contribution in [1.29, 1.82) is 0 Å². The van der Waals surface area contributed by atoms with E-state index in [-0.39, 0.29) is 10.9 Å². The second kappa shape index (κ2) is 5.67. The first-order valence-corrected chi connectivity index (χ1v) is 7.06. The fourth-order valence-corrected chi connectivity index (χ4v) is 3.08. The summed E-state index contributed by atoms with van der Waals surface area (Å²) in [6.07, 6.45) is 1.81. The van der Waals surface area contributed by atoms with E-state index in [1.54, 1.807) is 4.90 Å². The van der Waals surface area contributed by atoms with Crippen LogP contribution in [0, 0.1) is 16.0 Å². The van der Waals surface area contributed by atoms with Crippen molar-refractivity contribution in [3.05, 3.63) is 27.1 Å². The van der Waals surface area contributed by atoms with Gasteiger partial charge in [0.25, 0.3) is 5.91 Å². The molecule has 1 aromatic rings. The minimum absolute atomic E-state index is 0.00833. The molecule has 0 aliphatic carbocycles. The number of nitro groups is 1. The molecule has 2 rings (SSSR count). The van der Waals surface area contributed by atoms with E-state index in [1.165, 1.54) is 12.1 Å². The smallest absolute Gasteiger partial charge is 0.324 e. The summed E-state index contributed by atoms with van der Waals surface area (Å²) in [5.74, 6) is 1.00. The van der Waals surface area contributed by atoms with Gasteiger partial charge >= 0.3 is 5.00 Å². The molecule has 18 heavy (non-hydrogen) atoms. The van der Waals surface area contributed by atoms with Crippen molar-refractivity contribution in [1.82, 2.24) is 4.90 Å². The van der Waals surface area contributed by atoms with Crippen molar-refractivity contribution in [2.45, 2.75) is 12.8 Å². The zero-order valence-electron chi connectivity index (χ0n) is 9.67. The number of halogens is 1. The van der Waals surface area contributed by atoms with E-state index in [1.807, 2.05) is 0 Å². The summed E-state index contributed by atoms with van der Waals surface area (Å²) in [6, 6.07) is 2.90. The van der Waals surface area contributed by atoms with Gasteiger partial charge in [0.05, 0.1) is 9.80 Å². The Labute approximate surface area is 113 Å². The predicted molar refractivity (Wildman–Crippen MR) is 70.3 cm³/mol. The number of piperidine rings is 1. The third kappa shape index (κ3) is 2.81. The zero-order chi connectivity index (χ0) is 13.1. The highest BCUT2D eigenvalue weighted by Crippen LogP contribution is 2.27. The average Bonchev–Trinajstić information content (AvgIpc) is 2.88. The Hall–Kier alpha value is -1.14. The van der Waals surface area contributed by atoms with E-state index in [4.69, 9.17) is 11.6 Å². The molecule has 1 aliphatic rings. The number of carbonyl (C=O) groups excluding carboxylic acids is 1. The molecule has 98 valence electrons. The molecule has 5 nitrogen and oxygen atoms in total. The zero-order valence-corrected chi connectivity index (χ0v) is 11.2. The van der Waals surface area contributed by atoms with Crippen LogP contribution in [0.2, 0.25) is 0 Å². The number of thiophene rings is 1. The van der Waals surface area contributed by atoms with Crippen molar-refractivity contribution in [3.63, 3.8) is 0 Å². The van der Waals surface area contributed by atoms with Gasteiger partial charge in [0.1, 0.15) is 0 Å². The minimum Gasteiger partial charge on any atom is -0.338 e. The number of carbonyl (C=O) groups is 1. The lowest BCUT2D eigenvalue weighted by molar-refractivity contribution is -0.380. The molecule has 0 bridgehead atoms. The molecule has 0 unspecified atom stereocenters. The van der Waals surface area contributed by atoms with Gasteiger partial charge in [-0.25, -0.2) is 0 Å². The summed E-state index contributed by atoms with van der Waals surface area (Å²) in [7, 11) is 0. The van der Waals surface area contributed by atoms with Gasteiger partial charge in [0.2, 0.25) is 0 Å². The fraction of sp³-hybridized carbons (Fsp3) is 0.545. The lowest BCUT2D eigenvalue weighted by Gasteiger charge is -2.30. The number of hydrogen-bond acceptors (Lipinski definition) is 4. The Morgan fingerprint density at radius 3 is 2.67 bits per heavy atom. The molecule has 1 fully saturated rings. The van der Waals surface area contributed by atoms with Gasteiger partial charge in [-0.2, -0.15) is 0 Å². The molecule has 2 heterocycles. The number of likely N-dealkylation sites (tertiary alicyclic amines) is 1. The Kier molecular flexibility index (Phi) is 4.19. The SMILES string of the molecule is O=C(c1ccc([N+](=O)[O-])s1)N1CCC(CCl)CC1. The van der Waals surface area contributed by atoms with E-state index >= 15 is 0 Å². The predicted octanol–water partition coefficient (Wildman–Crippen LogP) is 2.75. The molecule has 0 spiro atoms. The van der Waals surface area contributed by atoms with Crippen molar-refractivity contribution in [3.8, 4) is 0 Å². The topological polar surface area (TPSA) is 63.4 Å². The second-order valence-corrected chi connectivity index (χ2v) is 5.66. The highest BCUT2D eigenvalue weighted by Gasteiger charge is 2.25. The van der Waals surface area contributed by atoms with Crippen LogP contribution in [-0.2, 0) is 0 Å². The van der Waals surface area contributed by atoms with Gasteiger partial charge < -0.3 is 4.90 Å². The monoisotopic (exact) mass is 288 g/mol. The van der Waals surface area contributed by atoms with Gasteiger partial charge in [-0.15, -0.1) is 11.6 Å². The molecule has 7 heteroatoms. The van der Waals surface area contributed by atoms with E-state index in [0.29, 0.717) is 29.8 Å². The molecular formula is C11H13ClN2O3S. The number of amides is 1. The van der Waals surface area contributed by atoms with Gasteiger partial charge in [0.15, 0.2) is 0 Å². The van der Waals surface area contributed by atoms with Crippen LogP contribution in [0.3, 0.4) is 0 Å². The number of hydrogen-bond donors (Lipinski definition) is 0. The van der Waals surface area contributed by atoms with E-state index < -0.39 is 4.92 Å². The van der Waals surface area contributed by atoms with Crippen LogP contribution in [0.4, 0.5) is 5.00 Å². The number of alkyl halides is 1. The summed E-state index contributed by atoms with van der Waals surface area (Å²) in [5.41, 5.74) is 0. The third-order valence-corrected chi connectivity index (χ3v) is 4.56. The fourth-order valence-electron chi connectivity index (χ4n) is 1.99. The van der Waals surface area contributed by atoms with Crippen LogP contribution in [-0.4, -0.2) is 34.7 Å². The van der Waals surface area contributed by atoms with Crippen LogP contribution in [0.1, 0.15) is 22.5 Å². The Balaban J connectivity index is 2.01. The highest BCUT2D eigenvalue weighted by atomic mass is 35.5. The maximum atomic E-state index is 12.1. The lowest BCUT2D eigenvalue weighted by Crippen LogP contribution is -2.38. The van der Waals surface area contributed by atoms with E-state index in [0.717, 1.165) is 24.2 Å². The molecule has 1 aliphatic heterocycles. The molecule has 0 atom stereocenters. The van der Waals surface area contributed by atoms with E-state index in [2.05, 4.69) is 0 Å². The van der Waals surface area contributed by atoms with Crippen molar-refractivity contribution in [2.75, 3.05) is 19.0 Å². The molecule has 1 aromatic heterocycles. The molecule has 0 aromatic carbocycles. The lowest BCUT2D eigenvalue weighted by atomic mass is 9.99. The second-order valence-electron chi connectivity index (χ2n) is 4.28. The molecular weight excluding hydrogens is 276 g/mol. The normalized spacial score (nSPS) is 16.8. The van der Waals surface area contributed by atoms with Gasteiger partial charge in [-0.3, -0.25) is 14.9 Å². The summed E-state index contributed by atoms with van der Waals surface area (Å²) in [5, 5.41) is 10.6. The standard InChI is InChI=1S/C11H13ClN2O3S/c12-7-8-3-5-13(6-4-8)11(15)9-1-2-10(18-9)14(16)17/h1-2,8H,3-7H2. The Bertz CT molecular complexity index is 455. The van der Waals surface area contributed by atoms with Gasteiger partial charge in [0, 0.05) is 25.0 Å². The average molecular weight is 289 g/mol. The van der Waals surface area contributed by atoms with Crippen LogP contribution in [0.15, 0.2) is 12.1 Å². The molecule has 1 amide bonds. The van der Waals surface area contributed by atoms with Crippen LogP contribution >= 0.6 is 22.9 Å². The number of rotatable bonds is 3. The quantitative estimate of drug-likeness (QED) is 0.488. The van der Waals surface area contributed by atoms with Gasteiger partial charge in [-0.05, 0) is 24.8 Å². The maximum Gasteiger partial charge on any atom is 0.324 e. The first-order valence-electron chi connectivity index (χ1n) is 5.71.